The predicted molar refractivity (Wildman–Crippen MR) is 97.3 cm³/mol. The molecule has 2 saturated heterocycles. The van der Waals surface area contributed by atoms with E-state index in [2.05, 4.69) is 9.62 Å². The number of likely N-dealkylation sites (tertiary alicyclic amines) is 1. The smallest absolute Gasteiger partial charge is 0.279 e. The van der Waals surface area contributed by atoms with Gasteiger partial charge in [-0.25, -0.2) is 4.72 Å². The normalized spacial score (nSPS) is 21.9. The van der Waals surface area contributed by atoms with E-state index in [-0.39, 0.29) is 6.04 Å². The topological polar surface area (TPSA) is 52.7 Å². The van der Waals surface area contributed by atoms with Crippen molar-refractivity contribution in [1.82, 2.24) is 13.9 Å². The van der Waals surface area contributed by atoms with Crippen molar-refractivity contribution < 1.29 is 8.42 Å². The highest BCUT2D eigenvalue weighted by atomic mass is 35.5. The minimum absolute atomic E-state index is 0.0132. The first-order valence-corrected chi connectivity index (χ1v) is 10.6. The molecule has 1 atom stereocenters. The fourth-order valence-corrected chi connectivity index (χ4v) is 5.17. The second-order valence-corrected chi connectivity index (χ2v) is 8.76. The van der Waals surface area contributed by atoms with Gasteiger partial charge in [0.1, 0.15) is 0 Å². The predicted octanol–water partition coefficient (Wildman–Crippen LogP) is 2.80. The standard InChI is InChI=1S/C17H26ClN3O2S/c18-16-9-3-2-8-15(16)17(20-10-6-7-11-20)14-19-24(22,23)21-12-4-1-5-13-21/h2-3,8-9,17,19H,1,4-7,10-14H2/t17-/m0/s1. The molecule has 2 aliphatic heterocycles. The lowest BCUT2D eigenvalue weighted by Gasteiger charge is -2.31. The Kier molecular flexibility index (Phi) is 6.16. The molecule has 24 heavy (non-hydrogen) atoms. The molecule has 0 unspecified atom stereocenters. The fourth-order valence-electron chi connectivity index (χ4n) is 3.62. The van der Waals surface area contributed by atoms with Gasteiger partial charge < -0.3 is 0 Å². The number of rotatable bonds is 6. The first kappa shape index (κ1) is 18.1. The monoisotopic (exact) mass is 371 g/mol. The molecule has 1 aromatic rings. The SMILES string of the molecule is O=S(=O)(NC[C@@H](c1ccccc1Cl)N1CCCC1)N1CCCCC1. The zero-order valence-corrected chi connectivity index (χ0v) is 15.5. The van der Waals surface area contributed by atoms with Crippen LogP contribution in [0.2, 0.25) is 5.02 Å². The van der Waals surface area contributed by atoms with E-state index in [1.54, 1.807) is 4.31 Å². The van der Waals surface area contributed by atoms with E-state index >= 15 is 0 Å². The van der Waals surface area contributed by atoms with E-state index in [0.29, 0.717) is 24.7 Å². The lowest BCUT2D eigenvalue weighted by molar-refractivity contribution is 0.244. The molecule has 2 heterocycles. The third kappa shape index (κ3) is 4.29. The first-order valence-electron chi connectivity index (χ1n) is 8.81. The molecule has 5 nitrogen and oxygen atoms in total. The molecule has 0 spiro atoms. The molecule has 0 aromatic heterocycles. The number of nitrogens with zero attached hydrogens (tertiary/aromatic N) is 2. The molecule has 2 aliphatic rings. The van der Waals surface area contributed by atoms with Crippen molar-refractivity contribution in [3.63, 3.8) is 0 Å². The summed E-state index contributed by atoms with van der Waals surface area (Å²) >= 11 is 6.38. The van der Waals surface area contributed by atoms with Crippen molar-refractivity contribution in [2.75, 3.05) is 32.7 Å². The number of nitrogens with one attached hydrogen (secondary N) is 1. The van der Waals surface area contributed by atoms with Gasteiger partial charge in [-0.05, 0) is 50.4 Å². The minimum atomic E-state index is -3.42. The highest BCUT2D eigenvalue weighted by Gasteiger charge is 2.29. The molecule has 0 bridgehead atoms. The summed E-state index contributed by atoms with van der Waals surface area (Å²) in [6, 6.07) is 7.73. The minimum Gasteiger partial charge on any atom is -0.295 e. The van der Waals surface area contributed by atoms with Crippen LogP contribution in [0.25, 0.3) is 0 Å². The molecule has 0 radical (unpaired) electrons. The highest BCUT2D eigenvalue weighted by Crippen LogP contribution is 2.30. The lowest BCUT2D eigenvalue weighted by atomic mass is 10.1. The molecule has 2 fully saturated rings. The maximum Gasteiger partial charge on any atom is 0.279 e. The molecule has 134 valence electrons. The van der Waals surface area contributed by atoms with Gasteiger partial charge in [-0.3, -0.25) is 4.90 Å². The van der Waals surface area contributed by atoms with Gasteiger partial charge >= 0.3 is 0 Å². The Labute approximate surface area is 150 Å². The number of benzene rings is 1. The number of hydrogen-bond donors (Lipinski definition) is 1. The third-order valence-electron chi connectivity index (χ3n) is 4.96. The van der Waals surface area contributed by atoms with E-state index in [9.17, 15) is 8.42 Å². The summed E-state index contributed by atoms with van der Waals surface area (Å²) in [6.45, 7) is 3.58. The summed E-state index contributed by atoms with van der Waals surface area (Å²) in [5, 5.41) is 0.701. The largest absolute Gasteiger partial charge is 0.295 e. The molecule has 7 heteroatoms. The van der Waals surface area contributed by atoms with E-state index < -0.39 is 10.2 Å². The first-order chi connectivity index (χ1) is 11.6. The number of piperidine rings is 1. The Bertz CT molecular complexity index is 641. The van der Waals surface area contributed by atoms with Gasteiger partial charge in [0.2, 0.25) is 0 Å². The molecule has 0 saturated carbocycles. The van der Waals surface area contributed by atoms with Gasteiger partial charge in [0.15, 0.2) is 0 Å². The van der Waals surface area contributed by atoms with Crippen molar-refractivity contribution in [2.45, 2.75) is 38.1 Å². The molecule has 0 amide bonds. The van der Waals surface area contributed by atoms with Crippen LogP contribution in [0, 0.1) is 0 Å². The molecule has 0 aliphatic carbocycles. The summed E-state index contributed by atoms with van der Waals surface area (Å²) in [6.07, 6.45) is 5.31. The van der Waals surface area contributed by atoms with Crippen LogP contribution in [0.1, 0.15) is 43.7 Å². The second kappa shape index (κ2) is 8.15. The van der Waals surface area contributed by atoms with E-state index in [4.69, 9.17) is 11.6 Å². The fraction of sp³-hybridized carbons (Fsp3) is 0.647. The van der Waals surface area contributed by atoms with Gasteiger partial charge in [-0.1, -0.05) is 36.2 Å². The summed E-state index contributed by atoms with van der Waals surface area (Å²) in [5.41, 5.74) is 1.00. The summed E-state index contributed by atoms with van der Waals surface area (Å²) < 4.78 is 29.6. The van der Waals surface area contributed by atoms with Gasteiger partial charge in [0.25, 0.3) is 10.2 Å². The van der Waals surface area contributed by atoms with E-state index in [0.717, 1.165) is 50.8 Å². The number of hydrogen-bond acceptors (Lipinski definition) is 3. The summed E-state index contributed by atoms with van der Waals surface area (Å²) in [5.74, 6) is 0. The molecular formula is C17H26ClN3O2S. The van der Waals surface area contributed by atoms with Crippen LogP contribution in [0.15, 0.2) is 24.3 Å². The van der Waals surface area contributed by atoms with Crippen molar-refractivity contribution in [3.05, 3.63) is 34.9 Å². The Hall–Kier alpha value is -0.660. The average molecular weight is 372 g/mol. The third-order valence-corrected chi connectivity index (χ3v) is 6.88. The second-order valence-electron chi connectivity index (χ2n) is 6.59. The van der Waals surface area contributed by atoms with Gasteiger partial charge in [0, 0.05) is 30.7 Å². The molecule has 3 rings (SSSR count). The van der Waals surface area contributed by atoms with Crippen molar-refractivity contribution in [3.8, 4) is 0 Å². The Morgan fingerprint density at radius 1 is 1.00 bits per heavy atom. The zero-order chi connectivity index (χ0) is 17.0. The van der Waals surface area contributed by atoms with Crippen molar-refractivity contribution in [1.29, 1.82) is 0 Å². The van der Waals surface area contributed by atoms with E-state index in [1.807, 2.05) is 24.3 Å². The number of halogens is 1. The maximum atomic E-state index is 12.6. The summed E-state index contributed by atoms with van der Waals surface area (Å²) in [4.78, 5) is 2.33. The van der Waals surface area contributed by atoms with Crippen molar-refractivity contribution >= 4 is 21.8 Å². The summed E-state index contributed by atoms with van der Waals surface area (Å²) in [7, 11) is -3.42. The average Bonchev–Trinajstić information content (AvgIpc) is 3.12. The van der Waals surface area contributed by atoms with Gasteiger partial charge in [0.05, 0.1) is 0 Å². The van der Waals surface area contributed by atoms with Crippen LogP contribution in [-0.4, -0.2) is 50.3 Å². The lowest BCUT2D eigenvalue weighted by Crippen LogP contribution is -2.46. The Morgan fingerprint density at radius 3 is 2.29 bits per heavy atom. The zero-order valence-electron chi connectivity index (χ0n) is 14.0. The van der Waals surface area contributed by atoms with Crippen molar-refractivity contribution in [2.24, 2.45) is 0 Å². The van der Waals surface area contributed by atoms with E-state index in [1.165, 1.54) is 0 Å². The molecule has 1 N–H and O–H groups in total. The van der Waals surface area contributed by atoms with Gasteiger partial charge in [-0.15, -0.1) is 0 Å². The molecule has 1 aromatic carbocycles. The van der Waals surface area contributed by atoms with Crippen LogP contribution >= 0.6 is 11.6 Å². The quantitative estimate of drug-likeness (QED) is 0.836. The Balaban J connectivity index is 1.73. The van der Waals surface area contributed by atoms with Crippen LogP contribution < -0.4 is 4.72 Å². The van der Waals surface area contributed by atoms with Crippen LogP contribution in [0.4, 0.5) is 0 Å². The maximum absolute atomic E-state index is 12.6. The highest BCUT2D eigenvalue weighted by molar-refractivity contribution is 7.87. The Morgan fingerprint density at radius 2 is 1.62 bits per heavy atom. The van der Waals surface area contributed by atoms with Crippen LogP contribution in [-0.2, 0) is 10.2 Å². The van der Waals surface area contributed by atoms with Gasteiger partial charge in [-0.2, -0.15) is 12.7 Å². The van der Waals surface area contributed by atoms with Crippen LogP contribution in [0.3, 0.4) is 0 Å². The van der Waals surface area contributed by atoms with Crippen LogP contribution in [0.5, 0.6) is 0 Å². The molecular weight excluding hydrogens is 346 g/mol.